The van der Waals surface area contributed by atoms with Gasteiger partial charge in [-0.3, -0.25) is 0 Å². The lowest BCUT2D eigenvalue weighted by molar-refractivity contribution is 0.292. The highest BCUT2D eigenvalue weighted by Crippen LogP contribution is 2.30. The van der Waals surface area contributed by atoms with Gasteiger partial charge in [-0.15, -0.1) is 0 Å². The quantitative estimate of drug-likeness (QED) is 0.939. The molecule has 2 aromatic rings. The average molecular weight is 315 g/mol. The number of nitrogens with zero attached hydrogens (tertiary/aromatic N) is 3. The van der Waals surface area contributed by atoms with E-state index < -0.39 is 0 Å². The van der Waals surface area contributed by atoms with E-state index in [1.165, 1.54) is 0 Å². The summed E-state index contributed by atoms with van der Waals surface area (Å²) >= 11 is 4.99. The van der Waals surface area contributed by atoms with Gasteiger partial charge in [-0.05, 0) is 22.4 Å². The van der Waals surface area contributed by atoms with E-state index in [0.717, 1.165) is 16.5 Å². The van der Waals surface area contributed by atoms with Gasteiger partial charge in [0, 0.05) is 20.8 Å². The number of thiophene rings is 1. The fourth-order valence-corrected chi connectivity index (χ4v) is 2.64. The number of nitrogen functional groups attached to an aromatic ring is 1. The van der Waals surface area contributed by atoms with Crippen molar-refractivity contribution in [3.05, 3.63) is 15.2 Å². The van der Waals surface area contributed by atoms with E-state index in [9.17, 15) is 0 Å². The number of nitrogens with two attached hydrogens (primary N) is 1. The molecule has 0 unspecified atom stereocenters. The highest BCUT2D eigenvalue weighted by atomic mass is 79.9. The fourth-order valence-electron chi connectivity index (χ4n) is 1.19. The second-order valence-corrected chi connectivity index (χ2v) is 4.88. The van der Waals surface area contributed by atoms with E-state index >= 15 is 0 Å². The van der Waals surface area contributed by atoms with Crippen LogP contribution in [0.1, 0.15) is 13.3 Å². The number of aromatic nitrogens is 3. The molecule has 0 radical (unpaired) electrons. The SMILES string of the molecule is CCCOc1nc(N)nc(-c2cscc2Br)n1. The zero-order valence-electron chi connectivity index (χ0n) is 9.18. The molecule has 0 saturated heterocycles. The lowest BCUT2D eigenvalue weighted by Gasteiger charge is -2.05. The monoisotopic (exact) mass is 314 g/mol. The first kappa shape index (κ1) is 12.3. The Kier molecular flexibility index (Phi) is 3.90. The molecule has 2 heterocycles. The third-order valence-corrected chi connectivity index (χ3v) is 3.63. The Labute approximate surface area is 111 Å². The molecule has 90 valence electrons. The first-order chi connectivity index (χ1) is 8.20. The van der Waals surface area contributed by atoms with Crippen molar-refractivity contribution in [3.8, 4) is 17.4 Å². The maximum Gasteiger partial charge on any atom is 0.321 e. The minimum absolute atomic E-state index is 0.166. The van der Waals surface area contributed by atoms with Crippen molar-refractivity contribution in [1.29, 1.82) is 0 Å². The van der Waals surface area contributed by atoms with Crippen LogP contribution in [-0.2, 0) is 0 Å². The van der Waals surface area contributed by atoms with E-state index in [1.54, 1.807) is 11.3 Å². The van der Waals surface area contributed by atoms with Gasteiger partial charge in [0.1, 0.15) is 0 Å². The predicted octanol–water partition coefficient (Wildman–Crippen LogP) is 2.73. The summed E-state index contributed by atoms with van der Waals surface area (Å²) in [6, 6.07) is 0.271. The van der Waals surface area contributed by atoms with Gasteiger partial charge < -0.3 is 10.5 Å². The van der Waals surface area contributed by atoms with Gasteiger partial charge in [-0.25, -0.2) is 0 Å². The molecule has 0 spiro atoms. The molecule has 0 saturated carbocycles. The lowest BCUT2D eigenvalue weighted by Crippen LogP contribution is -2.05. The Morgan fingerprint density at radius 1 is 1.35 bits per heavy atom. The van der Waals surface area contributed by atoms with Crippen molar-refractivity contribution >= 4 is 33.2 Å². The van der Waals surface area contributed by atoms with Crippen molar-refractivity contribution in [2.45, 2.75) is 13.3 Å². The van der Waals surface area contributed by atoms with Gasteiger partial charge in [-0.1, -0.05) is 6.92 Å². The van der Waals surface area contributed by atoms with Crippen LogP contribution in [0.5, 0.6) is 6.01 Å². The van der Waals surface area contributed by atoms with Gasteiger partial charge in [0.2, 0.25) is 5.95 Å². The molecule has 0 aliphatic carbocycles. The first-order valence-electron chi connectivity index (χ1n) is 5.07. The predicted molar refractivity (Wildman–Crippen MR) is 71.0 cm³/mol. The number of ether oxygens (including phenoxy) is 1. The molecule has 5 nitrogen and oxygen atoms in total. The van der Waals surface area contributed by atoms with Crippen LogP contribution < -0.4 is 10.5 Å². The molecule has 2 N–H and O–H groups in total. The van der Waals surface area contributed by atoms with Crippen LogP contribution in [-0.4, -0.2) is 21.6 Å². The summed E-state index contributed by atoms with van der Waals surface area (Å²) in [5.41, 5.74) is 6.53. The molecule has 2 rings (SSSR count). The summed E-state index contributed by atoms with van der Waals surface area (Å²) in [6.07, 6.45) is 0.892. The third kappa shape index (κ3) is 2.92. The van der Waals surface area contributed by atoms with Crippen molar-refractivity contribution in [2.24, 2.45) is 0 Å². The summed E-state index contributed by atoms with van der Waals surface area (Å²) in [5, 5.41) is 3.91. The maximum absolute atomic E-state index is 5.63. The molecule has 0 fully saturated rings. The van der Waals surface area contributed by atoms with Crippen molar-refractivity contribution in [3.63, 3.8) is 0 Å². The summed E-state index contributed by atoms with van der Waals surface area (Å²) < 4.78 is 6.30. The number of rotatable bonds is 4. The Hall–Kier alpha value is -1.21. The average Bonchev–Trinajstić information content (AvgIpc) is 2.72. The van der Waals surface area contributed by atoms with Gasteiger partial charge in [0.15, 0.2) is 5.82 Å². The molecular formula is C10H11BrN4OS. The topological polar surface area (TPSA) is 73.9 Å². The molecular weight excluding hydrogens is 304 g/mol. The van der Waals surface area contributed by atoms with Crippen LogP contribution in [0.2, 0.25) is 0 Å². The second-order valence-electron chi connectivity index (χ2n) is 3.28. The van der Waals surface area contributed by atoms with Crippen LogP contribution in [0.15, 0.2) is 15.2 Å². The third-order valence-electron chi connectivity index (χ3n) is 1.92. The van der Waals surface area contributed by atoms with E-state index in [1.807, 2.05) is 17.7 Å². The number of anilines is 1. The van der Waals surface area contributed by atoms with E-state index in [2.05, 4.69) is 30.9 Å². The molecule has 7 heteroatoms. The molecule has 0 amide bonds. The molecule has 0 aliphatic heterocycles. The smallest absolute Gasteiger partial charge is 0.321 e. The van der Waals surface area contributed by atoms with E-state index in [-0.39, 0.29) is 12.0 Å². The molecule has 0 bridgehead atoms. The highest BCUT2D eigenvalue weighted by molar-refractivity contribution is 9.10. The zero-order valence-corrected chi connectivity index (χ0v) is 11.6. The Morgan fingerprint density at radius 2 is 2.18 bits per heavy atom. The van der Waals surface area contributed by atoms with Gasteiger partial charge in [0.05, 0.1) is 6.61 Å². The molecule has 0 aromatic carbocycles. The highest BCUT2D eigenvalue weighted by Gasteiger charge is 2.11. The molecule has 0 aliphatic rings. The normalized spacial score (nSPS) is 10.5. The minimum atomic E-state index is 0.166. The van der Waals surface area contributed by atoms with Crippen LogP contribution >= 0.6 is 27.3 Å². The Balaban J connectivity index is 2.35. The van der Waals surface area contributed by atoms with Crippen LogP contribution in [0.3, 0.4) is 0 Å². The number of hydrogen-bond acceptors (Lipinski definition) is 6. The first-order valence-corrected chi connectivity index (χ1v) is 6.80. The van der Waals surface area contributed by atoms with Crippen LogP contribution in [0.25, 0.3) is 11.4 Å². The zero-order chi connectivity index (χ0) is 12.3. The van der Waals surface area contributed by atoms with Crippen LogP contribution in [0.4, 0.5) is 5.95 Å². The number of hydrogen-bond donors (Lipinski definition) is 1. The van der Waals surface area contributed by atoms with Gasteiger partial charge >= 0.3 is 6.01 Å². The van der Waals surface area contributed by atoms with Crippen molar-refractivity contribution < 1.29 is 4.74 Å². The van der Waals surface area contributed by atoms with E-state index in [0.29, 0.717) is 12.4 Å². The van der Waals surface area contributed by atoms with Gasteiger partial charge in [-0.2, -0.15) is 26.3 Å². The van der Waals surface area contributed by atoms with Crippen LogP contribution in [0, 0.1) is 0 Å². The maximum atomic E-state index is 5.63. The number of halogens is 1. The van der Waals surface area contributed by atoms with E-state index in [4.69, 9.17) is 10.5 Å². The minimum Gasteiger partial charge on any atom is -0.463 e. The largest absolute Gasteiger partial charge is 0.463 e. The Morgan fingerprint density at radius 3 is 2.82 bits per heavy atom. The molecule has 0 atom stereocenters. The summed E-state index contributed by atoms with van der Waals surface area (Å²) in [6.45, 7) is 2.58. The fraction of sp³-hybridized carbons (Fsp3) is 0.300. The lowest BCUT2D eigenvalue weighted by atomic mass is 10.3. The standard InChI is InChI=1S/C10H11BrN4OS/c1-2-3-16-10-14-8(13-9(12)15-10)6-4-17-5-7(6)11/h4-5H,2-3H2,1H3,(H2,12,13,14,15). The molecule has 2 aromatic heterocycles. The summed E-state index contributed by atoms with van der Waals surface area (Å²) in [7, 11) is 0. The summed E-state index contributed by atoms with van der Waals surface area (Å²) in [5.74, 6) is 0.691. The summed E-state index contributed by atoms with van der Waals surface area (Å²) in [4.78, 5) is 12.3. The second kappa shape index (κ2) is 5.42. The Bertz CT molecular complexity index is 517. The van der Waals surface area contributed by atoms with Crippen molar-refractivity contribution in [2.75, 3.05) is 12.3 Å². The van der Waals surface area contributed by atoms with Gasteiger partial charge in [0.25, 0.3) is 0 Å². The van der Waals surface area contributed by atoms with Crippen molar-refractivity contribution in [1.82, 2.24) is 15.0 Å². The molecule has 17 heavy (non-hydrogen) atoms.